The predicted molar refractivity (Wildman–Crippen MR) is 98.1 cm³/mol. The molecule has 5 nitrogen and oxygen atoms in total. The third-order valence-corrected chi connectivity index (χ3v) is 5.67. The highest BCUT2D eigenvalue weighted by atomic mass is 32.2. The van der Waals surface area contributed by atoms with Crippen LogP contribution in [-0.4, -0.2) is 26.6 Å². The summed E-state index contributed by atoms with van der Waals surface area (Å²) >= 11 is 0. The number of aryl methyl sites for hydroxylation is 1. The summed E-state index contributed by atoms with van der Waals surface area (Å²) in [5, 5.41) is 2.86. The van der Waals surface area contributed by atoms with Gasteiger partial charge in [0.05, 0.1) is 11.4 Å². The molecule has 2 aromatic rings. The molecular formula is C18H22N2O3S. The highest BCUT2D eigenvalue weighted by Crippen LogP contribution is 2.20. The minimum absolute atomic E-state index is 0.0381. The Morgan fingerprint density at radius 1 is 1.04 bits per heavy atom. The SMILES string of the molecule is CCN(c1ccc(C(=O)Nc2ccccc2C)cc1)S(=O)(=O)CC. The lowest BCUT2D eigenvalue weighted by Crippen LogP contribution is -2.32. The van der Waals surface area contributed by atoms with Crippen molar-refractivity contribution in [2.45, 2.75) is 20.8 Å². The van der Waals surface area contributed by atoms with E-state index in [1.54, 1.807) is 38.1 Å². The van der Waals surface area contributed by atoms with Gasteiger partial charge in [0, 0.05) is 17.8 Å². The van der Waals surface area contributed by atoms with Crippen molar-refractivity contribution in [3.8, 4) is 0 Å². The monoisotopic (exact) mass is 346 g/mol. The molecule has 0 radical (unpaired) electrons. The van der Waals surface area contributed by atoms with Crippen molar-refractivity contribution >= 4 is 27.3 Å². The van der Waals surface area contributed by atoms with Gasteiger partial charge in [-0.15, -0.1) is 0 Å². The molecule has 0 spiro atoms. The van der Waals surface area contributed by atoms with Crippen LogP contribution in [0.2, 0.25) is 0 Å². The van der Waals surface area contributed by atoms with Gasteiger partial charge in [0.25, 0.3) is 5.91 Å². The number of sulfonamides is 1. The van der Waals surface area contributed by atoms with Crippen molar-refractivity contribution in [1.29, 1.82) is 0 Å². The van der Waals surface area contributed by atoms with Gasteiger partial charge in [-0.1, -0.05) is 18.2 Å². The minimum atomic E-state index is -3.32. The normalized spacial score (nSPS) is 11.1. The topological polar surface area (TPSA) is 66.5 Å². The second-order valence-corrected chi connectivity index (χ2v) is 7.56. The second kappa shape index (κ2) is 7.49. The van der Waals surface area contributed by atoms with Gasteiger partial charge < -0.3 is 5.32 Å². The quantitative estimate of drug-likeness (QED) is 0.871. The first-order valence-electron chi connectivity index (χ1n) is 7.86. The number of nitrogens with one attached hydrogen (secondary N) is 1. The van der Waals surface area contributed by atoms with Gasteiger partial charge in [0.1, 0.15) is 0 Å². The average Bonchev–Trinajstić information content (AvgIpc) is 2.58. The van der Waals surface area contributed by atoms with Crippen LogP contribution < -0.4 is 9.62 Å². The Morgan fingerprint density at radius 2 is 1.67 bits per heavy atom. The second-order valence-electron chi connectivity index (χ2n) is 5.38. The molecule has 6 heteroatoms. The lowest BCUT2D eigenvalue weighted by Gasteiger charge is -2.22. The summed E-state index contributed by atoms with van der Waals surface area (Å²) in [5.74, 6) is -0.187. The maximum absolute atomic E-state index is 12.3. The molecule has 1 amide bonds. The molecule has 0 saturated carbocycles. The van der Waals surface area contributed by atoms with E-state index >= 15 is 0 Å². The van der Waals surface area contributed by atoms with Crippen LogP contribution in [0.1, 0.15) is 29.8 Å². The number of rotatable bonds is 6. The molecule has 128 valence electrons. The summed E-state index contributed by atoms with van der Waals surface area (Å²) in [5.41, 5.74) is 2.78. The molecule has 0 fully saturated rings. The number of hydrogen-bond acceptors (Lipinski definition) is 3. The third kappa shape index (κ3) is 3.94. The van der Waals surface area contributed by atoms with E-state index in [1.807, 2.05) is 31.2 Å². The summed E-state index contributed by atoms with van der Waals surface area (Å²) in [6, 6.07) is 14.1. The molecule has 0 bridgehead atoms. The molecule has 1 N–H and O–H groups in total. The van der Waals surface area contributed by atoms with E-state index in [9.17, 15) is 13.2 Å². The van der Waals surface area contributed by atoms with Crippen LogP contribution in [0.3, 0.4) is 0 Å². The first-order valence-corrected chi connectivity index (χ1v) is 9.47. The third-order valence-electron chi connectivity index (χ3n) is 3.80. The Hall–Kier alpha value is -2.34. The summed E-state index contributed by atoms with van der Waals surface area (Å²) in [7, 11) is -3.32. The van der Waals surface area contributed by atoms with E-state index in [1.165, 1.54) is 4.31 Å². The van der Waals surface area contributed by atoms with Crippen LogP contribution in [0.5, 0.6) is 0 Å². The summed E-state index contributed by atoms with van der Waals surface area (Å²) in [6.07, 6.45) is 0. The molecular weight excluding hydrogens is 324 g/mol. The van der Waals surface area contributed by atoms with Crippen molar-refractivity contribution in [1.82, 2.24) is 0 Å². The highest BCUT2D eigenvalue weighted by molar-refractivity contribution is 7.92. The maximum atomic E-state index is 12.3. The Labute approximate surface area is 143 Å². The Bertz CT molecular complexity index is 814. The lowest BCUT2D eigenvalue weighted by atomic mass is 10.1. The summed E-state index contributed by atoms with van der Waals surface area (Å²) < 4.78 is 25.5. The van der Waals surface area contributed by atoms with E-state index in [-0.39, 0.29) is 11.7 Å². The standard InChI is InChI=1S/C18H22N2O3S/c1-4-20(24(22,23)5-2)16-12-10-15(11-13-16)18(21)19-17-9-7-6-8-14(17)3/h6-13H,4-5H2,1-3H3,(H,19,21). The zero-order valence-corrected chi connectivity index (χ0v) is 14.9. The first kappa shape index (κ1) is 18.0. The summed E-state index contributed by atoms with van der Waals surface area (Å²) in [4.78, 5) is 12.3. The molecule has 0 aliphatic heterocycles. The number of hydrogen-bond donors (Lipinski definition) is 1. The molecule has 0 aromatic heterocycles. The number of nitrogens with zero attached hydrogens (tertiary/aromatic N) is 1. The van der Waals surface area contributed by atoms with Crippen LogP contribution >= 0.6 is 0 Å². The molecule has 24 heavy (non-hydrogen) atoms. The highest BCUT2D eigenvalue weighted by Gasteiger charge is 2.19. The zero-order valence-electron chi connectivity index (χ0n) is 14.1. The predicted octanol–water partition coefficient (Wildman–Crippen LogP) is 3.42. The van der Waals surface area contributed by atoms with Crippen molar-refractivity contribution in [3.05, 3.63) is 59.7 Å². The van der Waals surface area contributed by atoms with Crippen LogP contribution in [0.25, 0.3) is 0 Å². The smallest absolute Gasteiger partial charge is 0.255 e. The van der Waals surface area contributed by atoms with Crippen LogP contribution in [0, 0.1) is 6.92 Å². The Morgan fingerprint density at radius 3 is 2.21 bits per heavy atom. The van der Waals surface area contributed by atoms with Gasteiger partial charge >= 0.3 is 0 Å². The molecule has 2 rings (SSSR count). The molecule has 0 saturated heterocycles. The molecule has 0 atom stereocenters. The Balaban J connectivity index is 2.20. The van der Waals surface area contributed by atoms with Gasteiger partial charge in [0.15, 0.2) is 0 Å². The molecule has 0 aliphatic rings. The molecule has 0 aliphatic carbocycles. The van der Waals surface area contributed by atoms with Crippen molar-refractivity contribution < 1.29 is 13.2 Å². The maximum Gasteiger partial charge on any atom is 0.255 e. The van der Waals surface area contributed by atoms with Gasteiger partial charge in [-0.05, 0) is 56.7 Å². The fourth-order valence-corrected chi connectivity index (χ4v) is 3.53. The van der Waals surface area contributed by atoms with Gasteiger partial charge in [-0.3, -0.25) is 9.10 Å². The van der Waals surface area contributed by atoms with E-state index in [0.717, 1.165) is 11.3 Å². The zero-order chi connectivity index (χ0) is 17.7. The lowest BCUT2D eigenvalue weighted by molar-refractivity contribution is 0.102. The largest absolute Gasteiger partial charge is 0.322 e. The first-order chi connectivity index (χ1) is 11.4. The van der Waals surface area contributed by atoms with Crippen LogP contribution in [-0.2, 0) is 10.0 Å². The molecule has 0 unspecified atom stereocenters. The number of carbonyl (C=O) groups excluding carboxylic acids is 1. The molecule has 2 aromatic carbocycles. The average molecular weight is 346 g/mol. The number of benzene rings is 2. The van der Waals surface area contributed by atoms with E-state index in [0.29, 0.717) is 17.8 Å². The number of carbonyl (C=O) groups is 1. The summed E-state index contributed by atoms with van der Waals surface area (Å²) in [6.45, 7) is 5.67. The van der Waals surface area contributed by atoms with Crippen molar-refractivity contribution in [3.63, 3.8) is 0 Å². The molecule has 0 heterocycles. The van der Waals surface area contributed by atoms with Crippen LogP contribution in [0.4, 0.5) is 11.4 Å². The van der Waals surface area contributed by atoms with Gasteiger partial charge in [-0.25, -0.2) is 8.42 Å². The number of para-hydroxylation sites is 1. The van der Waals surface area contributed by atoms with Crippen LogP contribution in [0.15, 0.2) is 48.5 Å². The number of anilines is 2. The van der Waals surface area contributed by atoms with E-state index < -0.39 is 10.0 Å². The van der Waals surface area contributed by atoms with Crippen molar-refractivity contribution in [2.24, 2.45) is 0 Å². The van der Waals surface area contributed by atoms with Gasteiger partial charge in [0.2, 0.25) is 10.0 Å². The fourth-order valence-electron chi connectivity index (χ4n) is 2.38. The van der Waals surface area contributed by atoms with E-state index in [4.69, 9.17) is 0 Å². The number of amides is 1. The van der Waals surface area contributed by atoms with Crippen molar-refractivity contribution in [2.75, 3.05) is 21.9 Å². The fraction of sp³-hybridized carbons (Fsp3) is 0.278. The van der Waals surface area contributed by atoms with E-state index in [2.05, 4.69) is 5.32 Å². The van der Waals surface area contributed by atoms with Gasteiger partial charge in [-0.2, -0.15) is 0 Å². The Kier molecular flexibility index (Phi) is 5.62. The minimum Gasteiger partial charge on any atom is -0.322 e.